The first-order valence-electron chi connectivity index (χ1n) is 9.38. The first kappa shape index (κ1) is 22.9. The fraction of sp³-hybridized carbons (Fsp3) is 0.238. The van der Waals surface area contributed by atoms with Crippen molar-refractivity contribution in [1.29, 1.82) is 0 Å². The summed E-state index contributed by atoms with van der Waals surface area (Å²) >= 11 is 1.22. The maximum absolute atomic E-state index is 14.0. The van der Waals surface area contributed by atoms with E-state index in [1.54, 1.807) is 48.2 Å². The molecule has 164 valence electrons. The molecule has 1 heterocycles. The van der Waals surface area contributed by atoms with Crippen molar-refractivity contribution in [3.8, 4) is 5.75 Å². The standard InChI is InChI=1S/C21H22FN3O4S2/c1-14(2)24-31(27,28)19-12-15(8-9-18(19)29-3)20(26)23-21-25(10-11-30-21)13-16-6-4-5-7-17(16)22/h4-12,14,24H,13H2,1-3H3. The number of hydrogen-bond acceptors (Lipinski definition) is 5. The lowest BCUT2D eigenvalue weighted by atomic mass is 10.2. The zero-order valence-electron chi connectivity index (χ0n) is 17.2. The summed E-state index contributed by atoms with van der Waals surface area (Å²) in [5.74, 6) is -0.843. The number of thiazole rings is 1. The third-order valence-corrected chi connectivity index (χ3v) is 6.72. The number of aromatic nitrogens is 1. The van der Waals surface area contributed by atoms with Crippen LogP contribution in [0, 0.1) is 5.82 Å². The summed E-state index contributed by atoms with van der Waals surface area (Å²) in [6.07, 6.45) is 1.71. The van der Waals surface area contributed by atoms with Crippen molar-refractivity contribution in [2.45, 2.75) is 31.3 Å². The lowest BCUT2D eigenvalue weighted by Gasteiger charge is -2.13. The third kappa shape index (κ3) is 5.46. The zero-order valence-corrected chi connectivity index (χ0v) is 18.8. The van der Waals surface area contributed by atoms with E-state index in [-0.39, 0.29) is 34.6 Å². The number of nitrogens with zero attached hydrogens (tertiary/aromatic N) is 2. The van der Waals surface area contributed by atoms with E-state index < -0.39 is 15.9 Å². The Labute approximate surface area is 183 Å². The first-order valence-corrected chi connectivity index (χ1v) is 11.7. The second-order valence-corrected chi connectivity index (χ2v) is 9.52. The van der Waals surface area contributed by atoms with Crippen LogP contribution >= 0.6 is 11.3 Å². The number of hydrogen-bond donors (Lipinski definition) is 1. The number of sulfonamides is 1. The molecular weight excluding hydrogens is 441 g/mol. The van der Waals surface area contributed by atoms with Gasteiger partial charge in [0.1, 0.15) is 16.5 Å². The quantitative estimate of drug-likeness (QED) is 0.583. The van der Waals surface area contributed by atoms with E-state index in [9.17, 15) is 17.6 Å². The topological polar surface area (TPSA) is 89.8 Å². The molecule has 0 aliphatic heterocycles. The molecule has 0 saturated heterocycles. The van der Waals surface area contributed by atoms with Gasteiger partial charge in [-0.05, 0) is 38.1 Å². The molecule has 7 nitrogen and oxygen atoms in total. The zero-order chi connectivity index (χ0) is 22.6. The molecule has 0 aliphatic carbocycles. The average molecular weight is 464 g/mol. The van der Waals surface area contributed by atoms with Gasteiger partial charge < -0.3 is 9.30 Å². The van der Waals surface area contributed by atoms with Gasteiger partial charge in [-0.2, -0.15) is 4.99 Å². The maximum Gasteiger partial charge on any atom is 0.279 e. The Morgan fingerprint density at radius 1 is 1.26 bits per heavy atom. The Bertz CT molecular complexity index is 1260. The monoisotopic (exact) mass is 463 g/mol. The minimum absolute atomic E-state index is 0.0933. The maximum atomic E-state index is 14.0. The van der Waals surface area contributed by atoms with E-state index in [4.69, 9.17) is 4.74 Å². The number of ether oxygens (including phenoxy) is 1. The van der Waals surface area contributed by atoms with E-state index in [0.29, 0.717) is 10.4 Å². The molecule has 10 heteroatoms. The summed E-state index contributed by atoms with van der Waals surface area (Å²) in [4.78, 5) is 17.1. The molecule has 3 rings (SSSR count). The van der Waals surface area contributed by atoms with Crippen molar-refractivity contribution >= 4 is 27.3 Å². The van der Waals surface area contributed by atoms with E-state index in [1.807, 2.05) is 0 Å². The van der Waals surface area contributed by atoms with Gasteiger partial charge in [-0.15, -0.1) is 11.3 Å². The predicted octanol–water partition coefficient (Wildman–Crippen LogP) is 3.17. The molecule has 3 aromatic rings. The number of rotatable bonds is 7. The Kier molecular flexibility index (Phi) is 7.04. The Morgan fingerprint density at radius 3 is 2.68 bits per heavy atom. The summed E-state index contributed by atoms with van der Waals surface area (Å²) in [6, 6.07) is 10.1. The molecular formula is C21H22FN3O4S2. The number of nitrogens with one attached hydrogen (secondary N) is 1. The number of methoxy groups -OCH3 is 1. The van der Waals surface area contributed by atoms with Crippen LogP contribution in [0.3, 0.4) is 0 Å². The van der Waals surface area contributed by atoms with Crippen molar-refractivity contribution in [1.82, 2.24) is 9.29 Å². The van der Waals surface area contributed by atoms with Crippen LogP contribution in [0.2, 0.25) is 0 Å². The highest BCUT2D eigenvalue weighted by Gasteiger charge is 2.22. The number of halogens is 1. The van der Waals surface area contributed by atoms with E-state index in [0.717, 1.165) is 0 Å². The molecule has 31 heavy (non-hydrogen) atoms. The van der Waals surface area contributed by atoms with Crippen molar-refractivity contribution in [2.75, 3.05) is 7.11 Å². The molecule has 0 aliphatic rings. The lowest BCUT2D eigenvalue weighted by Crippen LogP contribution is -2.30. The third-order valence-electron chi connectivity index (χ3n) is 4.25. The van der Waals surface area contributed by atoms with Gasteiger partial charge in [-0.3, -0.25) is 4.79 Å². The van der Waals surface area contributed by atoms with Crippen LogP contribution < -0.4 is 14.3 Å². The fourth-order valence-electron chi connectivity index (χ4n) is 2.86. The van der Waals surface area contributed by atoms with Crippen LogP contribution in [0.5, 0.6) is 5.75 Å². The summed E-state index contributed by atoms with van der Waals surface area (Å²) in [6.45, 7) is 3.60. The van der Waals surface area contributed by atoms with Crippen molar-refractivity contribution in [2.24, 2.45) is 4.99 Å². The average Bonchev–Trinajstić information content (AvgIpc) is 3.14. The molecule has 0 fully saturated rings. The van der Waals surface area contributed by atoms with Crippen molar-refractivity contribution in [3.63, 3.8) is 0 Å². The Balaban J connectivity index is 1.96. The minimum atomic E-state index is -3.89. The van der Waals surface area contributed by atoms with Gasteiger partial charge >= 0.3 is 0 Å². The van der Waals surface area contributed by atoms with Crippen LogP contribution in [0.4, 0.5) is 4.39 Å². The summed E-state index contributed by atoms with van der Waals surface area (Å²) in [5, 5.41) is 1.74. The summed E-state index contributed by atoms with van der Waals surface area (Å²) in [5.41, 5.74) is 0.558. The molecule has 1 amide bonds. The van der Waals surface area contributed by atoms with Gasteiger partial charge in [0.15, 0.2) is 4.80 Å². The number of benzene rings is 2. The minimum Gasteiger partial charge on any atom is -0.495 e. The first-order chi connectivity index (χ1) is 14.7. The number of amides is 1. The second kappa shape index (κ2) is 9.54. The highest BCUT2D eigenvalue weighted by atomic mass is 32.2. The highest BCUT2D eigenvalue weighted by Crippen LogP contribution is 2.25. The highest BCUT2D eigenvalue weighted by molar-refractivity contribution is 7.89. The van der Waals surface area contributed by atoms with Gasteiger partial charge in [0.25, 0.3) is 5.91 Å². The van der Waals surface area contributed by atoms with Gasteiger partial charge in [-0.1, -0.05) is 18.2 Å². The van der Waals surface area contributed by atoms with Crippen molar-refractivity contribution < 1.29 is 22.3 Å². The number of carbonyl (C=O) groups excluding carboxylic acids is 1. The largest absolute Gasteiger partial charge is 0.495 e. The number of carbonyl (C=O) groups is 1. The van der Waals surface area contributed by atoms with E-state index in [2.05, 4.69) is 9.71 Å². The molecule has 0 bridgehead atoms. The molecule has 0 atom stereocenters. The van der Waals surface area contributed by atoms with Gasteiger partial charge in [0.05, 0.1) is 13.7 Å². The van der Waals surface area contributed by atoms with Crippen molar-refractivity contribution in [3.05, 3.63) is 75.8 Å². The molecule has 0 saturated carbocycles. The van der Waals surface area contributed by atoms with Crippen LogP contribution in [0.1, 0.15) is 29.8 Å². The Hall–Kier alpha value is -2.82. The molecule has 0 spiro atoms. The normalized spacial score (nSPS) is 12.4. The predicted molar refractivity (Wildman–Crippen MR) is 116 cm³/mol. The summed E-state index contributed by atoms with van der Waals surface area (Å²) in [7, 11) is -2.53. The molecule has 2 aromatic carbocycles. The van der Waals surface area contributed by atoms with Crippen LogP contribution in [0.15, 0.2) is 63.9 Å². The Morgan fingerprint density at radius 2 is 2.00 bits per heavy atom. The molecule has 0 radical (unpaired) electrons. The molecule has 1 N–H and O–H groups in total. The molecule has 1 aromatic heterocycles. The van der Waals surface area contributed by atoms with Crippen LogP contribution in [-0.4, -0.2) is 32.0 Å². The van der Waals surface area contributed by atoms with Gasteiger partial charge in [-0.25, -0.2) is 17.5 Å². The van der Waals surface area contributed by atoms with E-state index in [1.165, 1.54) is 42.7 Å². The van der Waals surface area contributed by atoms with Crippen LogP contribution in [-0.2, 0) is 16.6 Å². The van der Waals surface area contributed by atoms with Crippen LogP contribution in [0.25, 0.3) is 0 Å². The summed E-state index contributed by atoms with van der Waals surface area (Å²) < 4.78 is 48.5. The van der Waals surface area contributed by atoms with Gasteiger partial charge in [0, 0.05) is 28.7 Å². The second-order valence-electron chi connectivity index (χ2n) is 6.96. The van der Waals surface area contributed by atoms with Gasteiger partial charge in [0.2, 0.25) is 10.0 Å². The lowest BCUT2D eigenvalue weighted by molar-refractivity contribution is 0.0997. The fourth-order valence-corrected chi connectivity index (χ4v) is 5.03. The SMILES string of the molecule is COc1ccc(C(=O)N=c2sccn2Cc2ccccc2F)cc1S(=O)(=O)NC(C)C. The smallest absolute Gasteiger partial charge is 0.279 e. The molecule has 0 unspecified atom stereocenters. The van der Waals surface area contributed by atoms with E-state index >= 15 is 0 Å².